The molecule has 1 aromatic carbocycles. The molecule has 108 valence electrons. The maximum absolute atomic E-state index is 10.8. The first-order valence-electron chi connectivity index (χ1n) is 7.75. The summed E-state index contributed by atoms with van der Waals surface area (Å²) in [7, 11) is 0. The van der Waals surface area contributed by atoms with Crippen LogP contribution in [0.5, 0.6) is 0 Å². The van der Waals surface area contributed by atoms with E-state index in [-0.39, 0.29) is 0 Å². The lowest BCUT2D eigenvalue weighted by atomic mass is 9.71. The van der Waals surface area contributed by atoms with E-state index in [9.17, 15) is 10.4 Å². The Morgan fingerprint density at radius 2 is 1.50 bits per heavy atom. The van der Waals surface area contributed by atoms with Crippen LogP contribution in [0.2, 0.25) is 0 Å². The Hall–Kier alpha value is -1.33. The van der Waals surface area contributed by atoms with Gasteiger partial charge in [0.1, 0.15) is 0 Å². The largest absolute Gasteiger partial charge is 0.387 e. The molecule has 2 heteroatoms. The quantitative estimate of drug-likeness (QED) is 0.855. The van der Waals surface area contributed by atoms with Gasteiger partial charge in [-0.3, -0.25) is 0 Å². The smallest absolute Gasteiger partial charge is 0.0976 e. The van der Waals surface area contributed by atoms with Gasteiger partial charge in [-0.25, -0.2) is 0 Å². The number of benzene rings is 1. The maximum Gasteiger partial charge on any atom is 0.0976 e. The van der Waals surface area contributed by atoms with Gasteiger partial charge in [-0.1, -0.05) is 61.4 Å². The van der Waals surface area contributed by atoms with Gasteiger partial charge in [-0.2, -0.15) is 5.26 Å². The third-order valence-electron chi connectivity index (χ3n) is 4.55. The van der Waals surface area contributed by atoms with Crippen LogP contribution in [0, 0.1) is 30.6 Å². The zero-order valence-corrected chi connectivity index (χ0v) is 12.7. The topological polar surface area (TPSA) is 44.0 Å². The zero-order valence-electron chi connectivity index (χ0n) is 12.7. The third kappa shape index (κ3) is 3.22. The van der Waals surface area contributed by atoms with E-state index in [1.807, 2.05) is 26.0 Å². The van der Waals surface area contributed by atoms with Gasteiger partial charge in [-0.05, 0) is 32.3 Å². The molecule has 1 atom stereocenters. The second kappa shape index (κ2) is 6.41. The Morgan fingerprint density at radius 1 is 1.00 bits per heavy atom. The van der Waals surface area contributed by atoms with Crippen molar-refractivity contribution >= 4 is 0 Å². The van der Waals surface area contributed by atoms with Crippen LogP contribution >= 0.6 is 0 Å². The minimum atomic E-state index is -0.663. The first-order valence-corrected chi connectivity index (χ1v) is 7.75. The van der Waals surface area contributed by atoms with Crippen molar-refractivity contribution in [1.82, 2.24) is 0 Å². The summed E-state index contributed by atoms with van der Waals surface area (Å²) in [6.07, 6.45) is 6.71. The van der Waals surface area contributed by atoms with Crippen LogP contribution in [-0.4, -0.2) is 5.11 Å². The Morgan fingerprint density at radius 3 is 2.00 bits per heavy atom. The fourth-order valence-corrected chi connectivity index (χ4v) is 3.47. The summed E-state index contributed by atoms with van der Waals surface area (Å²) in [6.45, 7) is 4.08. The number of aliphatic hydroxyl groups excluding tert-OH is 1. The third-order valence-corrected chi connectivity index (χ3v) is 4.55. The van der Waals surface area contributed by atoms with Crippen molar-refractivity contribution in [2.24, 2.45) is 5.41 Å². The first-order chi connectivity index (χ1) is 9.57. The minimum Gasteiger partial charge on any atom is -0.387 e. The molecule has 1 aliphatic carbocycles. The molecule has 1 aliphatic rings. The number of rotatable bonds is 2. The van der Waals surface area contributed by atoms with Crippen LogP contribution in [-0.2, 0) is 0 Å². The molecule has 0 saturated heterocycles. The first kappa shape index (κ1) is 15.1. The van der Waals surface area contributed by atoms with E-state index in [1.54, 1.807) is 0 Å². The number of aliphatic hydroxyl groups is 1. The minimum absolute atomic E-state index is 0.597. The average molecular weight is 271 g/mol. The molecular weight excluding hydrogens is 246 g/mol. The van der Waals surface area contributed by atoms with Gasteiger partial charge < -0.3 is 5.11 Å². The number of aryl methyl sites for hydroxylation is 2. The fraction of sp³-hybridized carbons (Fsp3) is 0.611. The van der Waals surface area contributed by atoms with Gasteiger partial charge in [0.05, 0.1) is 17.6 Å². The van der Waals surface area contributed by atoms with Crippen LogP contribution < -0.4 is 0 Å². The Balaban J connectivity index is 2.31. The standard InChI is InChI=1S/C18H25NO/c1-14-10-15(2)12-16(11-14)17(20)18(13-19)8-6-4-3-5-7-9-18/h10-12,17,20H,3-9H2,1-2H3. The number of nitrogens with zero attached hydrogens (tertiary/aromatic N) is 1. The SMILES string of the molecule is Cc1cc(C)cc(C(O)C2(C#N)CCCCCCC2)c1. The number of hydrogen-bond acceptors (Lipinski definition) is 2. The molecule has 0 spiro atoms. The van der Waals surface area contributed by atoms with Crippen LogP contribution in [0.15, 0.2) is 18.2 Å². The summed E-state index contributed by atoms with van der Waals surface area (Å²) in [4.78, 5) is 0. The van der Waals surface area contributed by atoms with Crippen molar-refractivity contribution in [1.29, 1.82) is 5.26 Å². The lowest BCUT2D eigenvalue weighted by Gasteiger charge is -2.33. The fourth-order valence-electron chi connectivity index (χ4n) is 3.47. The van der Waals surface area contributed by atoms with Crippen molar-refractivity contribution in [3.8, 4) is 6.07 Å². The molecule has 1 fully saturated rings. The zero-order chi connectivity index (χ0) is 14.6. The van der Waals surface area contributed by atoms with Gasteiger partial charge in [0.2, 0.25) is 0 Å². The summed E-state index contributed by atoms with van der Waals surface area (Å²) in [6, 6.07) is 8.62. The van der Waals surface area contributed by atoms with Crippen LogP contribution in [0.1, 0.15) is 67.7 Å². The molecule has 0 bridgehead atoms. The van der Waals surface area contributed by atoms with E-state index in [2.05, 4.69) is 12.1 Å². The van der Waals surface area contributed by atoms with Crippen molar-refractivity contribution in [2.45, 2.75) is 64.9 Å². The van der Waals surface area contributed by atoms with Crippen LogP contribution in [0.3, 0.4) is 0 Å². The highest BCUT2D eigenvalue weighted by molar-refractivity contribution is 5.32. The summed E-state index contributed by atoms with van der Waals surface area (Å²) >= 11 is 0. The van der Waals surface area contributed by atoms with E-state index in [0.717, 1.165) is 42.4 Å². The van der Waals surface area contributed by atoms with Crippen molar-refractivity contribution in [2.75, 3.05) is 0 Å². The normalized spacial score (nSPS) is 20.5. The van der Waals surface area contributed by atoms with Gasteiger partial charge in [0, 0.05) is 0 Å². The second-order valence-corrected chi connectivity index (χ2v) is 6.36. The van der Waals surface area contributed by atoms with Crippen LogP contribution in [0.4, 0.5) is 0 Å². The second-order valence-electron chi connectivity index (χ2n) is 6.36. The molecule has 1 aromatic rings. The molecule has 2 rings (SSSR count). The van der Waals surface area contributed by atoms with Gasteiger partial charge in [0.25, 0.3) is 0 Å². The highest BCUT2D eigenvalue weighted by atomic mass is 16.3. The molecule has 0 aromatic heterocycles. The maximum atomic E-state index is 10.8. The molecule has 0 aliphatic heterocycles. The number of hydrogen-bond donors (Lipinski definition) is 1. The summed E-state index contributed by atoms with van der Waals surface area (Å²) in [5.74, 6) is 0. The molecule has 20 heavy (non-hydrogen) atoms. The monoisotopic (exact) mass is 271 g/mol. The van der Waals surface area contributed by atoms with E-state index in [1.165, 1.54) is 19.3 Å². The summed E-state index contributed by atoms with van der Waals surface area (Å²) < 4.78 is 0. The summed E-state index contributed by atoms with van der Waals surface area (Å²) in [5.41, 5.74) is 2.61. The lowest BCUT2D eigenvalue weighted by Crippen LogP contribution is -2.28. The highest BCUT2D eigenvalue weighted by Crippen LogP contribution is 2.44. The van der Waals surface area contributed by atoms with Crippen LogP contribution in [0.25, 0.3) is 0 Å². The highest BCUT2D eigenvalue weighted by Gasteiger charge is 2.38. The molecule has 0 heterocycles. The van der Waals surface area contributed by atoms with Gasteiger partial charge in [0.15, 0.2) is 0 Å². The predicted molar refractivity (Wildman–Crippen MR) is 81.2 cm³/mol. The van der Waals surface area contributed by atoms with Crippen molar-refractivity contribution in [3.05, 3.63) is 34.9 Å². The molecule has 1 saturated carbocycles. The van der Waals surface area contributed by atoms with Crippen molar-refractivity contribution in [3.63, 3.8) is 0 Å². The lowest BCUT2D eigenvalue weighted by molar-refractivity contribution is 0.0434. The van der Waals surface area contributed by atoms with Crippen molar-refractivity contribution < 1.29 is 5.11 Å². The molecule has 1 N–H and O–H groups in total. The van der Waals surface area contributed by atoms with Gasteiger partial charge in [-0.15, -0.1) is 0 Å². The Kier molecular flexibility index (Phi) is 4.83. The van der Waals surface area contributed by atoms with E-state index >= 15 is 0 Å². The van der Waals surface area contributed by atoms with E-state index in [4.69, 9.17) is 0 Å². The Labute approximate surface area is 122 Å². The Bertz CT molecular complexity index is 472. The van der Waals surface area contributed by atoms with E-state index in [0.29, 0.717) is 0 Å². The van der Waals surface area contributed by atoms with E-state index < -0.39 is 11.5 Å². The average Bonchev–Trinajstić information content (AvgIpc) is 2.37. The molecular formula is C18H25NO. The number of nitriles is 1. The molecule has 0 amide bonds. The summed E-state index contributed by atoms with van der Waals surface area (Å²) in [5, 5.41) is 20.6. The predicted octanol–water partition coefficient (Wildman–Crippen LogP) is 4.59. The molecule has 0 radical (unpaired) electrons. The van der Waals surface area contributed by atoms with Gasteiger partial charge >= 0.3 is 0 Å². The molecule has 2 nitrogen and oxygen atoms in total. The molecule has 1 unspecified atom stereocenters.